The number of sulfone groups is 1. The molecule has 0 aliphatic rings. The molecular formula is C8H19NO3S. The van der Waals surface area contributed by atoms with Crippen LogP contribution in [-0.4, -0.2) is 37.7 Å². The summed E-state index contributed by atoms with van der Waals surface area (Å²) in [5, 5.41) is 8.92. The summed E-state index contributed by atoms with van der Waals surface area (Å²) in [5.41, 5.74) is 5.41. The molecule has 0 fully saturated rings. The summed E-state index contributed by atoms with van der Waals surface area (Å²) in [6.07, 6.45) is 0.965. The number of rotatable bonds is 5. The molecule has 0 radical (unpaired) electrons. The summed E-state index contributed by atoms with van der Waals surface area (Å²) < 4.78 is 22.2. The van der Waals surface area contributed by atoms with Crippen LogP contribution < -0.4 is 5.73 Å². The molecule has 0 bridgehead atoms. The molecule has 0 aromatic rings. The van der Waals surface area contributed by atoms with Gasteiger partial charge in [0, 0.05) is 6.26 Å². The predicted octanol–water partition coefficient (Wildman–Crippen LogP) is -0.235. The third-order valence-corrected chi connectivity index (χ3v) is 4.10. The average molecular weight is 209 g/mol. The minimum absolute atomic E-state index is 0.135. The molecule has 13 heavy (non-hydrogen) atoms. The molecule has 0 amide bonds. The van der Waals surface area contributed by atoms with Gasteiger partial charge in [0.2, 0.25) is 0 Å². The minimum atomic E-state index is -3.17. The van der Waals surface area contributed by atoms with Crippen LogP contribution in [0.1, 0.15) is 20.3 Å². The Kier molecular flexibility index (Phi) is 4.88. The van der Waals surface area contributed by atoms with Crippen molar-refractivity contribution >= 4 is 9.84 Å². The predicted molar refractivity (Wildman–Crippen MR) is 53.1 cm³/mol. The third-order valence-electron chi connectivity index (χ3n) is 2.47. The summed E-state index contributed by atoms with van der Waals surface area (Å²) in [7, 11) is -3.17. The summed E-state index contributed by atoms with van der Waals surface area (Å²) in [6.45, 7) is 3.71. The van der Waals surface area contributed by atoms with Crippen LogP contribution in [0.25, 0.3) is 0 Å². The summed E-state index contributed by atoms with van der Waals surface area (Å²) in [4.78, 5) is 0. The molecule has 0 rings (SSSR count). The van der Waals surface area contributed by atoms with E-state index in [0.717, 1.165) is 6.26 Å². The van der Waals surface area contributed by atoms with E-state index in [0.29, 0.717) is 13.0 Å². The smallest absolute Gasteiger partial charge is 0.152 e. The van der Waals surface area contributed by atoms with Gasteiger partial charge in [-0.3, -0.25) is 0 Å². The van der Waals surface area contributed by atoms with E-state index in [-0.39, 0.29) is 5.92 Å². The van der Waals surface area contributed by atoms with E-state index in [2.05, 4.69) is 0 Å². The maximum atomic E-state index is 11.1. The fourth-order valence-electron chi connectivity index (χ4n) is 1.18. The lowest BCUT2D eigenvalue weighted by atomic mass is 9.98. The van der Waals surface area contributed by atoms with Crippen LogP contribution in [0.15, 0.2) is 0 Å². The van der Waals surface area contributed by atoms with Crippen LogP contribution in [0, 0.1) is 5.92 Å². The molecule has 4 nitrogen and oxygen atoms in total. The Morgan fingerprint density at radius 3 is 2.15 bits per heavy atom. The summed E-state index contributed by atoms with van der Waals surface area (Å²) in [5.74, 6) is -0.135. The Hall–Kier alpha value is -0.130. The summed E-state index contributed by atoms with van der Waals surface area (Å²) >= 11 is 0. The van der Waals surface area contributed by atoms with Crippen molar-refractivity contribution in [3.05, 3.63) is 0 Å². The number of aliphatic hydroxyl groups excluding tert-OH is 1. The van der Waals surface area contributed by atoms with Crippen molar-refractivity contribution in [2.75, 3.05) is 12.8 Å². The lowest BCUT2D eigenvalue weighted by Gasteiger charge is -2.24. The Morgan fingerprint density at radius 2 is 1.92 bits per heavy atom. The molecule has 0 aliphatic heterocycles. The van der Waals surface area contributed by atoms with Crippen molar-refractivity contribution in [1.82, 2.24) is 0 Å². The Labute approximate surface area is 80.1 Å². The van der Waals surface area contributed by atoms with Gasteiger partial charge in [0.05, 0.1) is 11.4 Å². The highest BCUT2D eigenvalue weighted by atomic mass is 32.2. The molecule has 0 heterocycles. The van der Waals surface area contributed by atoms with E-state index in [1.807, 2.05) is 6.92 Å². The van der Waals surface area contributed by atoms with E-state index in [4.69, 9.17) is 5.73 Å². The fourth-order valence-corrected chi connectivity index (χ4v) is 1.91. The molecule has 5 heteroatoms. The molecule has 3 atom stereocenters. The first-order chi connectivity index (χ1) is 5.84. The fraction of sp³-hybridized carbons (Fsp3) is 1.00. The lowest BCUT2D eigenvalue weighted by molar-refractivity contribution is 0.108. The zero-order valence-electron chi connectivity index (χ0n) is 8.40. The van der Waals surface area contributed by atoms with E-state index < -0.39 is 21.2 Å². The molecule has 0 spiro atoms. The molecule has 0 saturated carbocycles. The quantitative estimate of drug-likeness (QED) is 0.655. The lowest BCUT2D eigenvalue weighted by Crippen LogP contribution is -2.39. The maximum Gasteiger partial charge on any atom is 0.152 e. The van der Waals surface area contributed by atoms with Crippen molar-refractivity contribution in [2.24, 2.45) is 11.7 Å². The highest BCUT2D eigenvalue weighted by Gasteiger charge is 2.29. The SMILES string of the molecule is CCC(CN)C(O)C(C)S(C)(=O)=O. The molecule has 80 valence electrons. The van der Waals surface area contributed by atoms with E-state index in [1.54, 1.807) is 0 Å². The number of aliphatic hydroxyl groups is 1. The van der Waals surface area contributed by atoms with E-state index >= 15 is 0 Å². The van der Waals surface area contributed by atoms with Gasteiger partial charge in [0.1, 0.15) is 0 Å². The average Bonchev–Trinajstić information content (AvgIpc) is 2.03. The Morgan fingerprint density at radius 1 is 1.46 bits per heavy atom. The van der Waals surface area contributed by atoms with Crippen LogP contribution in [0.3, 0.4) is 0 Å². The second-order valence-corrected chi connectivity index (χ2v) is 5.83. The first kappa shape index (κ1) is 12.9. The van der Waals surface area contributed by atoms with Crippen molar-refractivity contribution in [2.45, 2.75) is 31.6 Å². The zero-order chi connectivity index (χ0) is 10.6. The largest absolute Gasteiger partial charge is 0.391 e. The van der Waals surface area contributed by atoms with Gasteiger partial charge < -0.3 is 10.8 Å². The highest BCUT2D eigenvalue weighted by Crippen LogP contribution is 2.15. The maximum absolute atomic E-state index is 11.1. The van der Waals surface area contributed by atoms with Gasteiger partial charge in [-0.15, -0.1) is 0 Å². The molecule has 3 unspecified atom stereocenters. The number of hydrogen-bond donors (Lipinski definition) is 2. The topological polar surface area (TPSA) is 80.4 Å². The summed E-state index contributed by atoms with van der Waals surface area (Å²) in [6, 6.07) is 0. The molecule has 0 aromatic carbocycles. The van der Waals surface area contributed by atoms with Gasteiger partial charge >= 0.3 is 0 Å². The van der Waals surface area contributed by atoms with Gasteiger partial charge in [-0.25, -0.2) is 8.42 Å². The normalized spacial score (nSPS) is 19.5. The van der Waals surface area contributed by atoms with Crippen LogP contribution >= 0.6 is 0 Å². The van der Waals surface area contributed by atoms with Crippen molar-refractivity contribution in [1.29, 1.82) is 0 Å². The highest BCUT2D eigenvalue weighted by molar-refractivity contribution is 7.91. The van der Waals surface area contributed by atoms with Crippen molar-refractivity contribution < 1.29 is 13.5 Å². The van der Waals surface area contributed by atoms with Crippen LogP contribution in [0.4, 0.5) is 0 Å². The van der Waals surface area contributed by atoms with Gasteiger partial charge in [0.25, 0.3) is 0 Å². The standard InChI is InChI=1S/C8H19NO3S/c1-4-7(5-9)8(10)6(2)13(3,11)12/h6-8,10H,4-5,9H2,1-3H3. The van der Waals surface area contributed by atoms with Crippen molar-refractivity contribution in [3.63, 3.8) is 0 Å². The number of nitrogens with two attached hydrogens (primary N) is 1. The van der Waals surface area contributed by atoms with Crippen LogP contribution in [0.2, 0.25) is 0 Å². The molecule has 0 aliphatic carbocycles. The van der Waals surface area contributed by atoms with Crippen LogP contribution in [0.5, 0.6) is 0 Å². The van der Waals surface area contributed by atoms with Gasteiger partial charge in [-0.2, -0.15) is 0 Å². The first-order valence-corrected chi connectivity index (χ1v) is 6.37. The monoisotopic (exact) mass is 209 g/mol. The molecule has 0 saturated heterocycles. The van der Waals surface area contributed by atoms with Gasteiger partial charge in [-0.1, -0.05) is 6.92 Å². The zero-order valence-corrected chi connectivity index (χ0v) is 9.21. The van der Waals surface area contributed by atoms with Gasteiger partial charge in [0.15, 0.2) is 9.84 Å². The minimum Gasteiger partial charge on any atom is -0.391 e. The van der Waals surface area contributed by atoms with Crippen LogP contribution in [-0.2, 0) is 9.84 Å². The second kappa shape index (κ2) is 4.93. The second-order valence-electron chi connectivity index (χ2n) is 3.43. The van der Waals surface area contributed by atoms with Crippen molar-refractivity contribution in [3.8, 4) is 0 Å². The molecular weight excluding hydrogens is 190 g/mol. The number of hydrogen-bond acceptors (Lipinski definition) is 4. The van der Waals surface area contributed by atoms with E-state index in [1.165, 1.54) is 6.92 Å². The third kappa shape index (κ3) is 3.62. The Balaban J connectivity index is 4.50. The van der Waals surface area contributed by atoms with E-state index in [9.17, 15) is 13.5 Å². The Bertz CT molecular complexity index is 234. The molecule has 0 aromatic heterocycles. The first-order valence-electron chi connectivity index (χ1n) is 4.41. The van der Waals surface area contributed by atoms with Gasteiger partial charge in [-0.05, 0) is 25.8 Å². The molecule has 3 N–H and O–H groups in total.